The molecule has 2 aromatic rings. The summed E-state index contributed by atoms with van der Waals surface area (Å²) in [4.78, 5) is 10.4. The lowest BCUT2D eigenvalue weighted by Crippen LogP contribution is -2.10. The SMILES string of the molecule is O=[N+]([O-])c1cccc(F)c1NC1CCc2cc(F)ccc21. The molecule has 1 N–H and O–H groups in total. The first kappa shape index (κ1) is 13.5. The molecule has 0 saturated carbocycles. The second kappa shape index (κ2) is 5.12. The number of anilines is 1. The molecule has 0 bridgehead atoms. The lowest BCUT2D eigenvalue weighted by atomic mass is 10.1. The van der Waals surface area contributed by atoms with Crippen LogP contribution in [0.3, 0.4) is 0 Å². The summed E-state index contributed by atoms with van der Waals surface area (Å²) >= 11 is 0. The topological polar surface area (TPSA) is 55.2 Å². The van der Waals surface area contributed by atoms with Gasteiger partial charge in [0.2, 0.25) is 0 Å². The summed E-state index contributed by atoms with van der Waals surface area (Å²) in [6.45, 7) is 0. The van der Waals surface area contributed by atoms with Gasteiger partial charge in [0, 0.05) is 6.07 Å². The van der Waals surface area contributed by atoms with Gasteiger partial charge in [-0.25, -0.2) is 8.78 Å². The van der Waals surface area contributed by atoms with Crippen molar-refractivity contribution in [2.45, 2.75) is 18.9 Å². The van der Waals surface area contributed by atoms with Crippen molar-refractivity contribution in [2.75, 3.05) is 5.32 Å². The highest BCUT2D eigenvalue weighted by atomic mass is 19.1. The molecular weight excluding hydrogens is 278 g/mol. The molecule has 0 heterocycles. The van der Waals surface area contributed by atoms with Crippen LogP contribution in [0.5, 0.6) is 0 Å². The number of para-hydroxylation sites is 1. The molecule has 0 amide bonds. The summed E-state index contributed by atoms with van der Waals surface area (Å²) in [5.74, 6) is -0.981. The van der Waals surface area contributed by atoms with E-state index < -0.39 is 10.7 Å². The van der Waals surface area contributed by atoms with Crippen LogP contribution in [0.25, 0.3) is 0 Å². The van der Waals surface area contributed by atoms with Crippen LogP contribution in [0, 0.1) is 21.7 Å². The second-order valence-corrected chi connectivity index (χ2v) is 4.97. The molecule has 4 nitrogen and oxygen atoms in total. The van der Waals surface area contributed by atoms with Gasteiger partial charge in [0.05, 0.1) is 11.0 Å². The summed E-state index contributed by atoms with van der Waals surface area (Å²) in [5.41, 5.74) is 1.29. The molecule has 21 heavy (non-hydrogen) atoms. The Bertz CT molecular complexity index is 719. The van der Waals surface area contributed by atoms with Crippen LogP contribution < -0.4 is 5.32 Å². The van der Waals surface area contributed by atoms with Gasteiger partial charge in [-0.1, -0.05) is 12.1 Å². The zero-order valence-electron chi connectivity index (χ0n) is 11.0. The third-order valence-electron chi connectivity index (χ3n) is 3.69. The van der Waals surface area contributed by atoms with Gasteiger partial charge in [-0.3, -0.25) is 10.1 Å². The van der Waals surface area contributed by atoms with E-state index >= 15 is 0 Å². The van der Waals surface area contributed by atoms with E-state index in [1.807, 2.05) is 0 Å². The van der Waals surface area contributed by atoms with Crippen molar-refractivity contribution in [3.05, 3.63) is 69.3 Å². The molecule has 0 saturated heterocycles. The van der Waals surface area contributed by atoms with Gasteiger partial charge >= 0.3 is 0 Å². The van der Waals surface area contributed by atoms with Crippen molar-refractivity contribution in [1.29, 1.82) is 0 Å². The number of rotatable bonds is 3. The molecule has 1 unspecified atom stereocenters. The Morgan fingerprint density at radius 3 is 2.81 bits per heavy atom. The molecule has 6 heteroatoms. The summed E-state index contributed by atoms with van der Waals surface area (Å²) in [7, 11) is 0. The highest BCUT2D eigenvalue weighted by molar-refractivity contribution is 5.63. The number of aryl methyl sites for hydroxylation is 1. The molecule has 2 aromatic carbocycles. The number of benzene rings is 2. The Hall–Kier alpha value is -2.50. The van der Waals surface area contributed by atoms with E-state index in [2.05, 4.69) is 5.32 Å². The molecule has 0 fully saturated rings. The largest absolute Gasteiger partial charge is 0.370 e. The van der Waals surface area contributed by atoms with Crippen molar-refractivity contribution in [2.24, 2.45) is 0 Å². The minimum Gasteiger partial charge on any atom is -0.370 e. The monoisotopic (exact) mass is 290 g/mol. The molecule has 0 spiro atoms. The Labute approximate surface area is 119 Å². The predicted octanol–water partition coefficient (Wildman–Crippen LogP) is 3.97. The highest BCUT2D eigenvalue weighted by Crippen LogP contribution is 2.37. The fraction of sp³-hybridized carbons (Fsp3) is 0.200. The number of halogens is 2. The zero-order valence-corrected chi connectivity index (χ0v) is 11.0. The van der Waals surface area contributed by atoms with Gasteiger partial charge in [0.1, 0.15) is 11.5 Å². The van der Waals surface area contributed by atoms with E-state index in [-0.39, 0.29) is 23.2 Å². The van der Waals surface area contributed by atoms with Crippen LogP contribution in [0.15, 0.2) is 36.4 Å². The summed E-state index contributed by atoms with van der Waals surface area (Å²) < 4.78 is 27.1. The lowest BCUT2D eigenvalue weighted by Gasteiger charge is -2.16. The summed E-state index contributed by atoms with van der Waals surface area (Å²) in [5, 5.41) is 13.9. The van der Waals surface area contributed by atoms with Crippen molar-refractivity contribution in [1.82, 2.24) is 0 Å². The predicted molar refractivity (Wildman–Crippen MR) is 74.1 cm³/mol. The number of nitro benzene ring substituents is 1. The van der Waals surface area contributed by atoms with Gasteiger partial charge in [0.25, 0.3) is 5.69 Å². The Morgan fingerprint density at radius 1 is 1.24 bits per heavy atom. The fourth-order valence-corrected chi connectivity index (χ4v) is 2.72. The average molecular weight is 290 g/mol. The van der Waals surface area contributed by atoms with E-state index in [4.69, 9.17) is 0 Å². The third kappa shape index (κ3) is 2.44. The first-order valence-corrected chi connectivity index (χ1v) is 6.54. The van der Waals surface area contributed by atoms with Crippen LogP contribution in [-0.2, 0) is 6.42 Å². The molecule has 0 aliphatic heterocycles. The van der Waals surface area contributed by atoms with Crippen LogP contribution in [0.4, 0.5) is 20.2 Å². The molecular formula is C15H12F2N2O2. The van der Waals surface area contributed by atoms with Crippen molar-refractivity contribution in [3.8, 4) is 0 Å². The fourth-order valence-electron chi connectivity index (χ4n) is 2.72. The molecule has 0 aromatic heterocycles. The Kier molecular flexibility index (Phi) is 3.29. The standard InChI is InChI=1S/C15H12F2N2O2/c16-10-5-6-11-9(8-10)4-7-13(11)18-15-12(17)2-1-3-14(15)19(20)21/h1-3,5-6,8,13,18H,4,7H2. The third-order valence-corrected chi connectivity index (χ3v) is 3.69. The molecule has 1 aliphatic carbocycles. The van der Waals surface area contributed by atoms with E-state index in [1.165, 1.54) is 30.3 Å². The summed E-state index contributed by atoms with van der Waals surface area (Å²) in [6, 6.07) is 7.91. The maximum atomic E-state index is 13.9. The van der Waals surface area contributed by atoms with Gasteiger partial charge < -0.3 is 5.32 Å². The molecule has 3 rings (SSSR count). The first-order valence-electron chi connectivity index (χ1n) is 6.54. The van der Waals surface area contributed by atoms with Gasteiger partial charge in [-0.15, -0.1) is 0 Å². The van der Waals surface area contributed by atoms with Crippen molar-refractivity contribution < 1.29 is 13.7 Å². The van der Waals surface area contributed by atoms with Gasteiger partial charge in [-0.05, 0) is 42.2 Å². The first-order chi connectivity index (χ1) is 10.1. The maximum Gasteiger partial charge on any atom is 0.295 e. The minimum atomic E-state index is -0.667. The van der Waals surface area contributed by atoms with E-state index in [0.29, 0.717) is 12.8 Å². The van der Waals surface area contributed by atoms with Crippen LogP contribution >= 0.6 is 0 Å². The number of hydrogen-bond acceptors (Lipinski definition) is 3. The smallest absolute Gasteiger partial charge is 0.295 e. The van der Waals surface area contributed by atoms with Crippen LogP contribution in [0.2, 0.25) is 0 Å². The second-order valence-electron chi connectivity index (χ2n) is 4.97. The normalized spacial score (nSPS) is 16.6. The van der Waals surface area contributed by atoms with Crippen LogP contribution in [0.1, 0.15) is 23.6 Å². The zero-order chi connectivity index (χ0) is 15.0. The minimum absolute atomic E-state index is 0.121. The van der Waals surface area contributed by atoms with E-state index in [1.54, 1.807) is 6.07 Å². The van der Waals surface area contributed by atoms with Crippen molar-refractivity contribution in [3.63, 3.8) is 0 Å². The molecule has 0 radical (unpaired) electrons. The molecule has 1 atom stereocenters. The number of nitrogens with zero attached hydrogens (tertiary/aromatic N) is 1. The maximum absolute atomic E-state index is 13.9. The average Bonchev–Trinajstić information content (AvgIpc) is 2.83. The lowest BCUT2D eigenvalue weighted by molar-refractivity contribution is -0.384. The highest BCUT2D eigenvalue weighted by Gasteiger charge is 2.26. The molecule has 1 aliphatic rings. The number of hydrogen-bond donors (Lipinski definition) is 1. The van der Waals surface area contributed by atoms with E-state index in [0.717, 1.165) is 11.1 Å². The van der Waals surface area contributed by atoms with Crippen molar-refractivity contribution >= 4 is 11.4 Å². The van der Waals surface area contributed by atoms with Crippen LogP contribution in [-0.4, -0.2) is 4.92 Å². The molecule has 108 valence electrons. The Balaban J connectivity index is 1.95. The Morgan fingerprint density at radius 2 is 2.05 bits per heavy atom. The van der Waals surface area contributed by atoms with Gasteiger partial charge in [0.15, 0.2) is 5.82 Å². The quantitative estimate of drug-likeness (QED) is 0.687. The van der Waals surface area contributed by atoms with E-state index in [9.17, 15) is 18.9 Å². The number of nitro groups is 1. The number of nitrogens with one attached hydrogen (secondary N) is 1. The summed E-state index contributed by atoms with van der Waals surface area (Å²) in [6.07, 6.45) is 1.30. The number of fused-ring (bicyclic) bond motifs is 1. The van der Waals surface area contributed by atoms with Gasteiger partial charge in [-0.2, -0.15) is 0 Å².